The normalized spacial score (nSPS) is 14.0. The van der Waals surface area contributed by atoms with Gasteiger partial charge in [0, 0.05) is 59.8 Å². The molecule has 80 heavy (non-hydrogen) atoms. The molecule has 0 aliphatic carbocycles. The predicted octanol–water partition coefficient (Wildman–Crippen LogP) is 7.89. The van der Waals surface area contributed by atoms with Gasteiger partial charge in [0.25, 0.3) is 11.8 Å². The largest absolute Gasteiger partial charge is 0.496 e. The van der Waals surface area contributed by atoms with Gasteiger partial charge in [-0.2, -0.15) is 10.2 Å². The van der Waals surface area contributed by atoms with Crippen LogP contribution >= 0.6 is 11.6 Å². The molecule has 22 nitrogen and oxygen atoms in total. The second-order valence-electron chi connectivity index (χ2n) is 18.2. The van der Waals surface area contributed by atoms with E-state index in [1.54, 1.807) is 67.8 Å². The van der Waals surface area contributed by atoms with Gasteiger partial charge in [0.1, 0.15) is 53.6 Å². The maximum absolute atomic E-state index is 13.6. The second kappa shape index (κ2) is 26.0. The Hall–Kier alpha value is -9.19. The Kier molecular flexibility index (Phi) is 18.0. The molecule has 5 aromatic carbocycles. The molecule has 5 amide bonds. The van der Waals surface area contributed by atoms with Gasteiger partial charge in [0.2, 0.25) is 23.5 Å². The highest BCUT2D eigenvalue weighted by atomic mass is 35.5. The number of hydrogen-bond donors (Lipinski definition) is 6. The number of piperidine rings is 1. The fraction of sp³-hybridized carbons (Fsp3) is 0.268. The number of methoxy groups -OCH3 is 3. The SMILES string of the molecule is COc1cc2ncnc(Nc3ccc(OCc4cccc(F)c4)c(Cl)c3)c2cc1-c1ccc(CNCCCC(=O)NCNCNC(=O)COc2c(OC)cc(N=Nc3cccc4c3CN(C3CCC(=O)NC3=O)C4=O)cc2OC)o1. The molecule has 1 atom stereocenters. The number of furan rings is 1. The summed E-state index contributed by atoms with van der Waals surface area (Å²) in [5.74, 6) is 1.16. The Morgan fingerprint density at radius 1 is 0.825 bits per heavy atom. The molecule has 6 N–H and O–H groups in total. The number of imide groups is 1. The summed E-state index contributed by atoms with van der Waals surface area (Å²) in [5.41, 5.74) is 4.40. The van der Waals surface area contributed by atoms with Crippen molar-refractivity contribution in [3.63, 3.8) is 0 Å². The van der Waals surface area contributed by atoms with E-state index in [4.69, 9.17) is 39.7 Å². The first-order valence-corrected chi connectivity index (χ1v) is 25.6. The molecule has 414 valence electrons. The minimum absolute atomic E-state index is 0.0436. The standard InChI is InChI=1S/C56H55ClFN11O11/c1-75-47-24-43-38(54(64-31-61-43)65-34-12-15-46(41(57)20-34)78-27-32-7-4-8-33(58)19-32)23-39(47)45-16-13-36(80-45)25-59-18-6-11-50(70)62-29-60-30-63-52(72)28-79-53-48(76-2)21-35(22-49(53)77-3)67-68-42-10-5-9-37-40(42)26-69(56(37)74)44-14-17-51(71)66-55(44)73/h4-5,7-10,12-13,15-16,19-24,31,44,59-60H,6,11,14,17-18,25-30H2,1-3H3,(H,62,70)(H,63,72)(H,61,64,65)(H,66,71,73). The van der Waals surface area contributed by atoms with Gasteiger partial charge >= 0.3 is 0 Å². The summed E-state index contributed by atoms with van der Waals surface area (Å²) in [6, 6.07) is 26.2. The second-order valence-corrected chi connectivity index (χ2v) is 18.6. The summed E-state index contributed by atoms with van der Waals surface area (Å²) >= 11 is 6.57. The summed E-state index contributed by atoms with van der Waals surface area (Å²) in [4.78, 5) is 73.1. The fourth-order valence-corrected chi connectivity index (χ4v) is 9.11. The lowest BCUT2D eigenvalue weighted by Gasteiger charge is -2.29. The summed E-state index contributed by atoms with van der Waals surface area (Å²) < 4.78 is 48.3. The summed E-state index contributed by atoms with van der Waals surface area (Å²) in [6.45, 7) is 0.999. The first kappa shape index (κ1) is 55.6. The molecular formula is C56H55ClFN11O11. The van der Waals surface area contributed by atoms with Gasteiger partial charge in [-0.1, -0.05) is 29.8 Å². The van der Waals surface area contributed by atoms with E-state index in [0.29, 0.717) is 104 Å². The van der Waals surface area contributed by atoms with Crippen molar-refractivity contribution in [3.05, 3.63) is 137 Å². The zero-order chi connectivity index (χ0) is 56.1. The van der Waals surface area contributed by atoms with Crippen LogP contribution in [0.25, 0.3) is 22.2 Å². The predicted molar refractivity (Wildman–Crippen MR) is 291 cm³/mol. The van der Waals surface area contributed by atoms with Crippen molar-refractivity contribution in [3.8, 4) is 40.1 Å². The van der Waals surface area contributed by atoms with Crippen LogP contribution in [0.3, 0.4) is 0 Å². The number of benzene rings is 5. The molecule has 7 aromatic rings. The smallest absolute Gasteiger partial charge is 0.258 e. The average Bonchev–Trinajstić information content (AvgIpc) is 4.10. The molecule has 1 saturated heterocycles. The van der Waals surface area contributed by atoms with Gasteiger partial charge in [-0.25, -0.2) is 14.4 Å². The van der Waals surface area contributed by atoms with Crippen LogP contribution in [-0.2, 0) is 38.9 Å². The number of ether oxygens (including phenoxy) is 5. The van der Waals surface area contributed by atoms with Crippen LogP contribution in [0.1, 0.15) is 52.9 Å². The molecule has 0 radical (unpaired) electrons. The van der Waals surface area contributed by atoms with Crippen LogP contribution in [-0.4, -0.2) is 98.3 Å². The first-order chi connectivity index (χ1) is 38.9. The zero-order valence-electron chi connectivity index (χ0n) is 43.7. The van der Waals surface area contributed by atoms with Crippen LogP contribution in [0.2, 0.25) is 5.02 Å². The Labute approximate surface area is 462 Å². The molecule has 0 saturated carbocycles. The van der Waals surface area contributed by atoms with Gasteiger partial charge in [-0.15, -0.1) is 0 Å². The number of rotatable bonds is 25. The zero-order valence-corrected chi connectivity index (χ0v) is 44.4. The molecular weight excluding hydrogens is 1060 g/mol. The number of hydrogen-bond acceptors (Lipinski definition) is 18. The lowest BCUT2D eigenvalue weighted by molar-refractivity contribution is -0.137. The highest BCUT2D eigenvalue weighted by Gasteiger charge is 2.40. The van der Waals surface area contributed by atoms with Crippen molar-refractivity contribution in [1.82, 2.24) is 41.5 Å². The van der Waals surface area contributed by atoms with Gasteiger partial charge in [0.15, 0.2) is 18.1 Å². The number of azo groups is 1. The topological polar surface area (TPSA) is 271 Å². The van der Waals surface area contributed by atoms with Crippen molar-refractivity contribution in [1.29, 1.82) is 0 Å². The molecule has 0 spiro atoms. The molecule has 4 heterocycles. The third-order valence-electron chi connectivity index (χ3n) is 12.9. The van der Waals surface area contributed by atoms with E-state index >= 15 is 0 Å². The molecule has 1 fully saturated rings. The van der Waals surface area contributed by atoms with Gasteiger partial charge in [0.05, 0.1) is 68.7 Å². The van der Waals surface area contributed by atoms with E-state index in [0.717, 1.165) is 0 Å². The molecule has 0 bridgehead atoms. The first-order valence-electron chi connectivity index (χ1n) is 25.3. The number of carbonyl (C=O) groups excluding carboxylic acids is 5. The highest BCUT2D eigenvalue weighted by Crippen LogP contribution is 2.43. The number of fused-ring (bicyclic) bond motifs is 2. The Bertz CT molecular complexity index is 3460. The van der Waals surface area contributed by atoms with Crippen molar-refractivity contribution in [2.45, 2.75) is 51.4 Å². The van der Waals surface area contributed by atoms with Crippen LogP contribution in [0.15, 0.2) is 118 Å². The Morgan fingerprint density at radius 3 is 2.38 bits per heavy atom. The van der Waals surface area contributed by atoms with Crippen molar-refractivity contribution < 1.29 is 56.5 Å². The van der Waals surface area contributed by atoms with Gasteiger partial charge in [-0.05, 0) is 85.6 Å². The number of aromatic nitrogens is 2. The minimum Gasteiger partial charge on any atom is -0.496 e. The summed E-state index contributed by atoms with van der Waals surface area (Å²) in [5, 5.41) is 27.1. The van der Waals surface area contributed by atoms with Crippen molar-refractivity contribution in [2.24, 2.45) is 10.2 Å². The molecule has 1 unspecified atom stereocenters. The highest BCUT2D eigenvalue weighted by molar-refractivity contribution is 6.32. The number of amides is 5. The maximum Gasteiger partial charge on any atom is 0.258 e. The Morgan fingerprint density at radius 2 is 1.61 bits per heavy atom. The molecule has 9 rings (SSSR count). The lowest BCUT2D eigenvalue weighted by Crippen LogP contribution is -2.52. The van der Waals surface area contributed by atoms with E-state index in [1.165, 1.54) is 37.6 Å². The number of anilines is 2. The van der Waals surface area contributed by atoms with E-state index in [-0.39, 0.29) is 93.1 Å². The monoisotopic (exact) mass is 1110 g/mol. The van der Waals surface area contributed by atoms with Crippen LogP contribution < -0.4 is 55.6 Å². The van der Waals surface area contributed by atoms with Crippen LogP contribution in [0.4, 0.5) is 27.3 Å². The Balaban J connectivity index is 0.682. The molecule has 2 aliphatic heterocycles. The fourth-order valence-electron chi connectivity index (χ4n) is 8.87. The van der Waals surface area contributed by atoms with E-state index in [1.807, 2.05) is 24.3 Å². The van der Waals surface area contributed by atoms with Crippen LogP contribution in [0.5, 0.6) is 28.7 Å². The van der Waals surface area contributed by atoms with E-state index in [9.17, 15) is 28.4 Å². The number of nitrogens with one attached hydrogen (secondary N) is 6. The number of nitrogens with zero attached hydrogens (tertiary/aromatic N) is 5. The van der Waals surface area contributed by atoms with Crippen molar-refractivity contribution >= 4 is 74.9 Å². The minimum atomic E-state index is -0.770. The molecule has 2 aromatic heterocycles. The average molecular weight is 1110 g/mol. The molecule has 24 heteroatoms. The van der Waals surface area contributed by atoms with E-state index in [2.05, 4.69) is 52.1 Å². The van der Waals surface area contributed by atoms with E-state index < -0.39 is 17.9 Å². The summed E-state index contributed by atoms with van der Waals surface area (Å²) in [7, 11) is 4.41. The third kappa shape index (κ3) is 13.5. The number of carbonyl (C=O) groups is 5. The summed E-state index contributed by atoms with van der Waals surface area (Å²) in [6.07, 6.45) is 2.64. The molecule has 2 aliphatic rings. The van der Waals surface area contributed by atoms with Crippen molar-refractivity contribution in [2.75, 3.05) is 53.1 Å². The third-order valence-corrected chi connectivity index (χ3v) is 13.2. The maximum atomic E-state index is 13.6. The van der Waals surface area contributed by atoms with Crippen LogP contribution in [0, 0.1) is 5.82 Å². The van der Waals surface area contributed by atoms with Gasteiger partial charge < -0.3 is 54.3 Å². The van der Waals surface area contributed by atoms with Gasteiger partial charge in [-0.3, -0.25) is 34.6 Å². The number of halogens is 2. The quantitative estimate of drug-likeness (QED) is 0.0137. The lowest BCUT2D eigenvalue weighted by atomic mass is 10.0.